The highest BCUT2D eigenvalue weighted by atomic mass is 15.0. The van der Waals surface area contributed by atoms with Gasteiger partial charge in [0.25, 0.3) is 0 Å². The molecular weight excluding hydrogens is 472 g/mol. The zero-order valence-corrected chi connectivity index (χ0v) is 21.7. The lowest BCUT2D eigenvalue weighted by atomic mass is 10.0. The molecule has 0 fully saturated rings. The third-order valence-corrected chi connectivity index (χ3v) is 8.29. The molecule has 0 N–H and O–H groups in total. The van der Waals surface area contributed by atoms with Gasteiger partial charge in [0.1, 0.15) is 0 Å². The van der Waals surface area contributed by atoms with E-state index in [-0.39, 0.29) is 0 Å². The summed E-state index contributed by atoms with van der Waals surface area (Å²) in [5.41, 5.74) is 11.7. The van der Waals surface area contributed by atoms with E-state index in [1.165, 1.54) is 66.3 Å². The quantitative estimate of drug-likeness (QED) is 0.228. The highest BCUT2D eigenvalue weighted by Gasteiger charge is 2.18. The molecule has 1 aliphatic carbocycles. The number of allylic oxidation sites excluding steroid dienone is 1. The zero-order chi connectivity index (χ0) is 25.8. The van der Waals surface area contributed by atoms with Crippen LogP contribution in [0.3, 0.4) is 0 Å². The number of hydrogen-bond acceptors (Lipinski definition) is 0. The van der Waals surface area contributed by atoms with Gasteiger partial charge in [-0.05, 0) is 71.5 Å². The largest absolute Gasteiger partial charge is 0.336 e. The molecular formula is C37H28N2. The molecule has 0 aliphatic heterocycles. The van der Waals surface area contributed by atoms with Crippen molar-refractivity contribution in [2.24, 2.45) is 0 Å². The van der Waals surface area contributed by atoms with Crippen LogP contribution in [0.2, 0.25) is 0 Å². The maximum atomic E-state index is 2.44. The number of benzene rings is 5. The average molecular weight is 501 g/mol. The highest BCUT2D eigenvalue weighted by Crippen LogP contribution is 2.35. The zero-order valence-electron chi connectivity index (χ0n) is 21.7. The van der Waals surface area contributed by atoms with Crippen molar-refractivity contribution in [1.82, 2.24) is 9.13 Å². The molecule has 0 bridgehead atoms. The van der Waals surface area contributed by atoms with Crippen LogP contribution in [0.15, 0.2) is 127 Å². The number of aryl methyl sites for hydroxylation is 1. The Balaban J connectivity index is 1.12. The fourth-order valence-electron chi connectivity index (χ4n) is 6.43. The van der Waals surface area contributed by atoms with Crippen molar-refractivity contribution in [3.05, 3.63) is 144 Å². The summed E-state index contributed by atoms with van der Waals surface area (Å²) < 4.78 is 4.85. The Bertz CT molecular complexity index is 1960. The van der Waals surface area contributed by atoms with E-state index < -0.39 is 0 Å². The molecule has 0 radical (unpaired) electrons. The van der Waals surface area contributed by atoms with Crippen LogP contribution < -0.4 is 0 Å². The summed E-state index contributed by atoms with van der Waals surface area (Å²) >= 11 is 0. The molecule has 0 amide bonds. The van der Waals surface area contributed by atoms with Crippen molar-refractivity contribution in [1.29, 1.82) is 0 Å². The minimum absolute atomic E-state index is 0.854. The van der Waals surface area contributed by atoms with Crippen molar-refractivity contribution >= 4 is 38.8 Å². The summed E-state index contributed by atoms with van der Waals surface area (Å²) in [4.78, 5) is 0. The summed E-state index contributed by atoms with van der Waals surface area (Å²) in [5.74, 6) is 0. The third-order valence-electron chi connectivity index (χ3n) is 8.29. The van der Waals surface area contributed by atoms with Gasteiger partial charge in [-0.3, -0.25) is 0 Å². The Hall–Kier alpha value is -4.82. The molecule has 7 aromatic rings. The molecule has 0 spiro atoms. The number of fused-ring (bicyclic) bond motifs is 6. The van der Waals surface area contributed by atoms with Crippen molar-refractivity contribution in [3.8, 4) is 16.8 Å². The Morgan fingerprint density at radius 2 is 1.10 bits per heavy atom. The van der Waals surface area contributed by atoms with E-state index in [0.717, 1.165) is 19.4 Å². The maximum absolute atomic E-state index is 2.44. The predicted molar refractivity (Wildman–Crippen MR) is 165 cm³/mol. The standard InChI is InChI=1S/C37H28N2/c1-5-13-34-30(9-1)31-10-2-6-14-35(31)38(34)25-26-17-19-27(20-18-26)28-21-23-29(24-22-28)39-36-15-7-3-11-32(36)33-12-4-8-16-37(33)39/h1-3,5-11,13-24H,4,12,25H2. The number of nitrogens with zero attached hydrogens (tertiary/aromatic N) is 2. The number of hydrogen-bond donors (Lipinski definition) is 0. The summed E-state index contributed by atoms with van der Waals surface area (Å²) in [6.45, 7) is 0.854. The molecule has 2 heterocycles. The second-order valence-corrected chi connectivity index (χ2v) is 10.5. The van der Waals surface area contributed by atoms with E-state index in [1.807, 2.05) is 0 Å². The molecule has 1 aliphatic rings. The van der Waals surface area contributed by atoms with E-state index >= 15 is 0 Å². The van der Waals surface area contributed by atoms with Gasteiger partial charge in [-0.1, -0.05) is 97.1 Å². The minimum atomic E-state index is 0.854. The molecule has 0 unspecified atom stereocenters. The minimum Gasteiger partial charge on any atom is -0.336 e. The monoisotopic (exact) mass is 500 g/mol. The second-order valence-electron chi connectivity index (χ2n) is 10.5. The first kappa shape index (κ1) is 22.2. The van der Waals surface area contributed by atoms with Crippen molar-refractivity contribution in [2.75, 3.05) is 0 Å². The molecule has 5 aromatic carbocycles. The first-order valence-electron chi connectivity index (χ1n) is 13.8. The topological polar surface area (TPSA) is 9.86 Å². The van der Waals surface area contributed by atoms with Gasteiger partial charge in [0.2, 0.25) is 0 Å². The van der Waals surface area contributed by atoms with Gasteiger partial charge in [0.05, 0.1) is 5.52 Å². The Morgan fingerprint density at radius 3 is 1.77 bits per heavy atom. The van der Waals surface area contributed by atoms with Crippen LogP contribution in [0.4, 0.5) is 0 Å². The number of rotatable bonds is 4. The van der Waals surface area contributed by atoms with Gasteiger partial charge in [-0.15, -0.1) is 0 Å². The van der Waals surface area contributed by atoms with Crippen LogP contribution in [-0.2, 0) is 13.0 Å². The Morgan fingerprint density at radius 1 is 0.538 bits per heavy atom. The molecule has 8 rings (SSSR count). The fraction of sp³-hybridized carbons (Fsp3) is 0.0811. The molecule has 186 valence electrons. The second kappa shape index (κ2) is 8.89. The van der Waals surface area contributed by atoms with Crippen LogP contribution in [-0.4, -0.2) is 9.13 Å². The average Bonchev–Trinajstić information content (AvgIpc) is 3.51. The number of para-hydroxylation sites is 3. The molecule has 0 saturated carbocycles. The van der Waals surface area contributed by atoms with Crippen LogP contribution >= 0.6 is 0 Å². The van der Waals surface area contributed by atoms with E-state index in [4.69, 9.17) is 0 Å². The van der Waals surface area contributed by atoms with Gasteiger partial charge in [0, 0.05) is 45.1 Å². The SMILES string of the molecule is C1=Cc2c(c3ccccc3n2-c2ccc(-c3ccc(Cn4c5ccccc5c5ccccc54)cc3)cc2)CC1. The first-order valence-corrected chi connectivity index (χ1v) is 13.8. The Labute approximate surface area is 228 Å². The Kier molecular flexibility index (Phi) is 5.06. The lowest BCUT2D eigenvalue weighted by Crippen LogP contribution is -2.00. The lowest BCUT2D eigenvalue weighted by molar-refractivity contribution is 0.869. The number of aromatic nitrogens is 2. The summed E-state index contributed by atoms with van der Waals surface area (Å²) in [6, 6.07) is 44.3. The van der Waals surface area contributed by atoms with Gasteiger partial charge >= 0.3 is 0 Å². The van der Waals surface area contributed by atoms with E-state index in [2.05, 4.69) is 143 Å². The van der Waals surface area contributed by atoms with Crippen LogP contribution in [0.1, 0.15) is 23.2 Å². The fourth-order valence-corrected chi connectivity index (χ4v) is 6.43. The summed E-state index contributed by atoms with van der Waals surface area (Å²) in [5, 5.41) is 4.01. The van der Waals surface area contributed by atoms with Crippen molar-refractivity contribution < 1.29 is 0 Å². The van der Waals surface area contributed by atoms with Gasteiger partial charge < -0.3 is 9.13 Å². The van der Waals surface area contributed by atoms with Crippen LogP contribution in [0.25, 0.3) is 55.6 Å². The van der Waals surface area contributed by atoms with Gasteiger partial charge in [-0.2, -0.15) is 0 Å². The molecule has 39 heavy (non-hydrogen) atoms. The maximum Gasteiger partial charge on any atom is 0.0537 e. The van der Waals surface area contributed by atoms with Crippen LogP contribution in [0.5, 0.6) is 0 Å². The summed E-state index contributed by atoms with van der Waals surface area (Å²) in [7, 11) is 0. The highest BCUT2D eigenvalue weighted by molar-refractivity contribution is 6.08. The molecule has 2 aromatic heterocycles. The lowest BCUT2D eigenvalue weighted by Gasteiger charge is -2.13. The third kappa shape index (κ3) is 3.56. The normalized spacial score (nSPS) is 12.9. The molecule has 0 saturated heterocycles. The van der Waals surface area contributed by atoms with E-state index in [9.17, 15) is 0 Å². The molecule has 2 heteroatoms. The van der Waals surface area contributed by atoms with Crippen molar-refractivity contribution in [3.63, 3.8) is 0 Å². The smallest absolute Gasteiger partial charge is 0.0537 e. The van der Waals surface area contributed by atoms with Crippen LogP contribution in [0, 0.1) is 0 Å². The van der Waals surface area contributed by atoms with E-state index in [0.29, 0.717) is 0 Å². The summed E-state index contributed by atoms with van der Waals surface area (Å²) in [6.07, 6.45) is 6.82. The molecule has 2 nitrogen and oxygen atoms in total. The first-order chi connectivity index (χ1) is 19.3. The molecule has 0 atom stereocenters. The van der Waals surface area contributed by atoms with Crippen molar-refractivity contribution in [2.45, 2.75) is 19.4 Å². The predicted octanol–water partition coefficient (Wildman–Crippen LogP) is 9.41. The van der Waals surface area contributed by atoms with E-state index in [1.54, 1.807) is 0 Å². The van der Waals surface area contributed by atoms with Gasteiger partial charge in [-0.25, -0.2) is 0 Å². The van der Waals surface area contributed by atoms with Gasteiger partial charge in [0.15, 0.2) is 0 Å².